The largest absolute Gasteiger partial charge is 0.497 e. The van der Waals surface area contributed by atoms with Crippen LogP contribution in [0.1, 0.15) is 17.3 Å². The summed E-state index contributed by atoms with van der Waals surface area (Å²) < 4.78 is 15.5. The molecule has 0 aliphatic carbocycles. The van der Waals surface area contributed by atoms with E-state index in [9.17, 15) is 0 Å². The molecule has 1 unspecified atom stereocenters. The van der Waals surface area contributed by atoms with Gasteiger partial charge in [-0.25, -0.2) is 5.43 Å². The molecule has 112 valence electrons. The van der Waals surface area contributed by atoms with Gasteiger partial charge in [-0.3, -0.25) is 5.84 Å². The first kappa shape index (κ1) is 15.0. The molecule has 0 saturated heterocycles. The summed E-state index contributed by atoms with van der Waals surface area (Å²) in [5.41, 5.74) is 4.24. The summed E-state index contributed by atoms with van der Waals surface area (Å²) >= 11 is 0. The van der Waals surface area contributed by atoms with Crippen LogP contribution in [0.15, 0.2) is 30.3 Å². The molecular formula is C14H18N4O3. The van der Waals surface area contributed by atoms with E-state index in [1.807, 2.05) is 12.1 Å². The van der Waals surface area contributed by atoms with E-state index in [2.05, 4.69) is 15.6 Å². The predicted octanol–water partition coefficient (Wildman–Crippen LogP) is 1.06. The predicted molar refractivity (Wildman–Crippen MR) is 77.3 cm³/mol. The van der Waals surface area contributed by atoms with Crippen molar-refractivity contribution in [3.8, 4) is 17.4 Å². The zero-order valence-electron chi connectivity index (χ0n) is 12.2. The van der Waals surface area contributed by atoms with Crippen LogP contribution in [-0.4, -0.2) is 31.5 Å². The van der Waals surface area contributed by atoms with E-state index in [-0.39, 0.29) is 6.04 Å². The van der Waals surface area contributed by atoms with Gasteiger partial charge in [0.25, 0.3) is 0 Å². The zero-order chi connectivity index (χ0) is 15.2. The lowest BCUT2D eigenvalue weighted by Crippen LogP contribution is -2.29. The van der Waals surface area contributed by atoms with Crippen LogP contribution in [-0.2, 0) is 0 Å². The van der Waals surface area contributed by atoms with Gasteiger partial charge in [0.1, 0.15) is 11.5 Å². The summed E-state index contributed by atoms with van der Waals surface area (Å²) in [6, 6.07) is 8.69. The van der Waals surface area contributed by atoms with Gasteiger partial charge in [0.15, 0.2) is 0 Å². The number of aromatic nitrogens is 2. The van der Waals surface area contributed by atoms with Gasteiger partial charge in [-0.1, -0.05) is 0 Å². The van der Waals surface area contributed by atoms with E-state index in [0.29, 0.717) is 23.1 Å². The van der Waals surface area contributed by atoms with Crippen LogP contribution in [0.4, 0.5) is 0 Å². The molecular weight excluding hydrogens is 272 g/mol. The van der Waals surface area contributed by atoms with E-state index >= 15 is 0 Å². The fourth-order valence-electron chi connectivity index (χ4n) is 1.94. The van der Waals surface area contributed by atoms with Gasteiger partial charge < -0.3 is 14.2 Å². The number of nitrogens with two attached hydrogens (primary N) is 1. The second-order valence-corrected chi connectivity index (χ2v) is 4.25. The number of methoxy groups -OCH3 is 3. The first-order chi connectivity index (χ1) is 10.2. The summed E-state index contributed by atoms with van der Waals surface area (Å²) in [6.07, 6.45) is 0. The molecule has 0 aliphatic rings. The maximum atomic E-state index is 5.66. The molecule has 7 nitrogen and oxygen atoms in total. The van der Waals surface area contributed by atoms with Crippen LogP contribution >= 0.6 is 0 Å². The second-order valence-electron chi connectivity index (χ2n) is 4.25. The molecule has 1 heterocycles. The lowest BCUT2D eigenvalue weighted by molar-refractivity contribution is 0.388. The smallest absolute Gasteiger partial charge is 0.233 e. The van der Waals surface area contributed by atoms with Crippen molar-refractivity contribution in [3.05, 3.63) is 41.6 Å². The Morgan fingerprint density at radius 1 is 0.952 bits per heavy atom. The van der Waals surface area contributed by atoms with E-state index in [1.54, 1.807) is 32.4 Å². The highest BCUT2D eigenvalue weighted by atomic mass is 16.5. The standard InChI is InChI=1S/C14H18N4O3/c1-19-10-6-9(7-11(8-10)20-2)14(16-15)12-4-5-13(21-3)18-17-12/h4-8,14,16H,15H2,1-3H3. The number of rotatable bonds is 6. The minimum Gasteiger partial charge on any atom is -0.497 e. The molecule has 1 atom stereocenters. The van der Waals surface area contributed by atoms with Crippen LogP contribution in [0.2, 0.25) is 0 Å². The molecule has 7 heteroatoms. The molecule has 2 aromatic rings. The van der Waals surface area contributed by atoms with Crippen molar-refractivity contribution in [3.63, 3.8) is 0 Å². The third kappa shape index (κ3) is 3.39. The third-order valence-corrected chi connectivity index (χ3v) is 3.04. The summed E-state index contributed by atoms with van der Waals surface area (Å²) in [4.78, 5) is 0. The van der Waals surface area contributed by atoms with Gasteiger partial charge in [0.2, 0.25) is 5.88 Å². The van der Waals surface area contributed by atoms with E-state index in [1.165, 1.54) is 7.11 Å². The maximum Gasteiger partial charge on any atom is 0.233 e. The Hall–Kier alpha value is -2.38. The molecule has 0 aliphatic heterocycles. The van der Waals surface area contributed by atoms with E-state index < -0.39 is 0 Å². The van der Waals surface area contributed by atoms with Crippen molar-refractivity contribution in [2.45, 2.75) is 6.04 Å². The minimum atomic E-state index is -0.340. The molecule has 1 aromatic carbocycles. The first-order valence-corrected chi connectivity index (χ1v) is 6.28. The highest BCUT2D eigenvalue weighted by Gasteiger charge is 2.17. The highest BCUT2D eigenvalue weighted by Crippen LogP contribution is 2.29. The summed E-state index contributed by atoms with van der Waals surface area (Å²) in [7, 11) is 4.72. The lowest BCUT2D eigenvalue weighted by Gasteiger charge is -2.17. The number of hydrogen-bond donors (Lipinski definition) is 2. The number of ether oxygens (including phenoxy) is 3. The molecule has 0 spiro atoms. The van der Waals surface area contributed by atoms with Gasteiger partial charge in [-0.2, -0.15) is 0 Å². The summed E-state index contributed by atoms with van der Waals surface area (Å²) in [6.45, 7) is 0. The Morgan fingerprint density at radius 2 is 1.62 bits per heavy atom. The lowest BCUT2D eigenvalue weighted by atomic mass is 10.0. The molecule has 0 saturated carbocycles. The van der Waals surface area contributed by atoms with Gasteiger partial charge in [0, 0.05) is 12.1 Å². The monoisotopic (exact) mass is 290 g/mol. The average Bonchev–Trinajstić information content (AvgIpc) is 2.55. The molecule has 0 amide bonds. The quantitative estimate of drug-likeness (QED) is 0.607. The summed E-state index contributed by atoms with van der Waals surface area (Å²) in [5.74, 6) is 7.45. The SMILES string of the molecule is COc1cc(OC)cc(C(NN)c2ccc(OC)nn2)c1. The van der Waals surface area contributed by atoms with Crippen molar-refractivity contribution in [1.82, 2.24) is 15.6 Å². The van der Waals surface area contributed by atoms with Crippen LogP contribution in [0.5, 0.6) is 17.4 Å². The van der Waals surface area contributed by atoms with E-state index in [4.69, 9.17) is 20.1 Å². The molecule has 2 rings (SSSR count). The Bertz CT molecular complexity index is 567. The Labute approximate surface area is 123 Å². The van der Waals surface area contributed by atoms with Crippen molar-refractivity contribution in [2.24, 2.45) is 5.84 Å². The average molecular weight is 290 g/mol. The normalized spacial score (nSPS) is 11.8. The highest BCUT2D eigenvalue weighted by molar-refractivity contribution is 5.42. The Morgan fingerprint density at radius 3 is 2.05 bits per heavy atom. The first-order valence-electron chi connectivity index (χ1n) is 6.28. The molecule has 3 N–H and O–H groups in total. The molecule has 21 heavy (non-hydrogen) atoms. The van der Waals surface area contributed by atoms with Crippen molar-refractivity contribution >= 4 is 0 Å². The fourth-order valence-corrected chi connectivity index (χ4v) is 1.94. The fraction of sp³-hybridized carbons (Fsp3) is 0.286. The Kier molecular flexibility index (Phi) is 4.91. The molecule has 1 aromatic heterocycles. The zero-order valence-corrected chi connectivity index (χ0v) is 12.2. The minimum absolute atomic E-state index is 0.340. The number of benzene rings is 1. The van der Waals surface area contributed by atoms with Gasteiger partial charge in [-0.05, 0) is 23.8 Å². The van der Waals surface area contributed by atoms with Crippen LogP contribution in [0.25, 0.3) is 0 Å². The van der Waals surface area contributed by atoms with Crippen molar-refractivity contribution in [2.75, 3.05) is 21.3 Å². The van der Waals surface area contributed by atoms with Crippen LogP contribution in [0, 0.1) is 0 Å². The molecule has 0 bridgehead atoms. The van der Waals surface area contributed by atoms with Crippen LogP contribution < -0.4 is 25.5 Å². The van der Waals surface area contributed by atoms with Crippen LogP contribution in [0.3, 0.4) is 0 Å². The second kappa shape index (κ2) is 6.87. The van der Waals surface area contributed by atoms with Gasteiger partial charge in [-0.15, -0.1) is 10.2 Å². The molecule has 0 radical (unpaired) electrons. The van der Waals surface area contributed by atoms with E-state index in [0.717, 1.165) is 5.56 Å². The van der Waals surface area contributed by atoms with Gasteiger partial charge in [0.05, 0.1) is 33.1 Å². The number of hydrogen-bond acceptors (Lipinski definition) is 7. The number of hydrazine groups is 1. The molecule has 0 fully saturated rings. The van der Waals surface area contributed by atoms with Crippen molar-refractivity contribution in [1.29, 1.82) is 0 Å². The number of nitrogens with one attached hydrogen (secondary N) is 1. The Balaban J connectivity index is 2.39. The topological polar surface area (TPSA) is 91.5 Å². The summed E-state index contributed by atoms with van der Waals surface area (Å²) in [5, 5.41) is 8.06. The van der Waals surface area contributed by atoms with Gasteiger partial charge >= 0.3 is 0 Å². The maximum absolute atomic E-state index is 5.66. The number of nitrogens with zero attached hydrogens (tertiary/aromatic N) is 2. The third-order valence-electron chi connectivity index (χ3n) is 3.04. The van der Waals surface area contributed by atoms with Crippen molar-refractivity contribution < 1.29 is 14.2 Å².